The third-order valence-electron chi connectivity index (χ3n) is 6.03. The molecule has 4 rings (SSSR count). The van der Waals surface area contributed by atoms with Gasteiger partial charge in [0.2, 0.25) is 0 Å². The predicted octanol–water partition coefficient (Wildman–Crippen LogP) is 7.28. The largest absolute Gasteiger partial charge is 0.432 e. The predicted molar refractivity (Wildman–Crippen MR) is 128 cm³/mol. The molecule has 0 saturated carbocycles. The van der Waals surface area contributed by atoms with Gasteiger partial charge in [0.1, 0.15) is 34.6 Å². The maximum atomic E-state index is 14.7. The van der Waals surface area contributed by atoms with Crippen molar-refractivity contribution in [3.63, 3.8) is 0 Å². The number of rotatable bonds is 7. The second-order valence-electron chi connectivity index (χ2n) is 8.80. The lowest BCUT2D eigenvalue weighted by molar-refractivity contribution is -0.189. The smallest absolute Gasteiger partial charge is 0.429 e. The fourth-order valence-electron chi connectivity index (χ4n) is 4.08. The zero-order valence-corrected chi connectivity index (χ0v) is 20.4. The van der Waals surface area contributed by atoms with E-state index in [9.17, 15) is 26.3 Å². The maximum absolute atomic E-state index is 14.7. The second kappa shape index (κ2) is 11.9. The Labute approximate surface area is 216 Å². The van der Waals surface area contributed by atoms with Crippen molar-refractivity contribution in [1.82, 2.24) is 0 Å². The number of ether oxygens (including phenoxy) is 3. The molecule has 0 spiro atoms. The molecular formula is C29H24F6O3. The van der Waals surface area contributed by atoms with Crippen molar-refractivity contribution in [2.24, 2.45) is 5.92 Å². The average molecular weight is 534 g/mol. The van der Waals surface area contributed by atoms with Crippen LogP contribution in [-0.4, -0.2) is 19.8 Å². The topological polar surface area (TPSA) is 27.7 Å². The molecular weight excluding hydrogens is 510 g/mol. The van der Waals surface area contributed by atoms with Crippen LogP contribution in [-0.2, 0) is 15.6 Å². The number of alkyl halides is 2. The second-order valence-corrected chi connectivity index (χ2v) is 8.80. The van der Waals surface area contributed by atoms with E-state index in [-0.39, 0.29) is 17.2 Å². The third-order valence-corrected chi connectivity index (χ3v) is 6.03. The Morgan fingerprint density at radius 3 is 2.21 bits per heavy atom. The summed E-state index contributed by atoms with van der Waals surface area (Å²) in [6.07, 6.45) is -3.05. The highest BCUT2D eigenvalue weighted by Gasteiger charge is 2.41. The first-order valence-corrected chi connectivity index (χ1v) is 12.0. The minimum atomic E-state index is -4.38. The van der Waals surface area contributed by atoms with Crippen molar-refractivity contribution >= 4 is 0 Å². The van der Waals surface area contributed by atoms with Crippen molar-refractivity contribution in [1.29, 1.82) is 0 Å². The van der Waals surface area contributed by atoms with Gasteiger partial charge in [0.25, 0.3) is 0 Å². The Bertz CT molecular complexity index is 1300. The van der Waals surface area contributed by atoms with Gasteiger partial charge in [0.05, 0.1) is 24.9 Å². The van der Waals surface area contributed by atoms with Gasteiger partial charge in [0, 0.05) is 18.1 Å². The van der Waals surface area contributed by atoms with Crippen molar-refractivity contribution < 1.29 is 40.6 Å². The summed E-state index contributed by atoms with van der Waals surface area (Å²) in [5.74, 6) is 0.142. The lowest BCUT2D eigenvalue weighted by Crippen LogP contribution is -2.25. The molecule has 0 N–H and O–H groups in total. The molecule has 3 aromatic rings. The van der Waals surface area contributed by atoms with Crippen LogP contribution in [0, 0.1) is 41.0 Å². The quantitative estimate of drug-likeness (QED) is 0.236. The molecule has 0 aliphatic carbocycles. The SMILES string of the molecule is CCOCC1CCC(c2ccc(C#Cc3cc(F)c(C(F)(F)Oc4ccc(F)cc4)c(F)c3)c(F)c2)OC1. The molecule has 0 amide bonds. The van der Waals surface area contributed by atoms with Crippen molar-refractivity contribution in [3.05, 3.63) is 100 Å². The summed E-state index contributed by atoms with van der Waals surface area (Å²) < 4.78 is 101. The van der Waals surface area contributed by atoms with Crippen LogP contribution in [0.3, 0.4) is 0 Å². The summed E-state index contributed by atoms with van der Waals surface area (Å²) in [5.41, 5.74) is -1.29. The van der Waals surface area contributed by atoms with Crippen LogP contribution in [0.1, 0.15) is 48.1 Å². The highest BCUT2D eigenvalue weighted by Crippen LogP contribution is 2.35. The Morgan fingerprint density at radius 2 is 1.61 bits per heavy atom. The van der Waals surface area contributed by atoms with E-state index in [0.29, 0.717) is 49.9 Å². The summed E-state index contributed by atoms with van der Waals surface area (Å²) in [5, 5.41) is 0. The summed E-state index contributed by atoms with van der Waals surface area (Å²) in [4.78, 5) is 0. The van der Waals surface area contributed by atoms with E-state index in [0.717, 1.165) is 30.7 Å². The van der Waals surface area contributed by atoms with Crippen molar-refractivity contribution in [2.75, 3.05) is 19.8 Å². The van der Waals surface area contributed by atoms with Gasteiger partial charge in [-0.15, -0.1) is 0 Å². The van der Waals surface area contributed by atoms with E-state index in [1.165, 1.54) is 12.1 Å². The Kier molecular flexibility index (Phi) is 8.65. The number of hydrogen-bond acceptors (Lipinski definition) is 3. The summed E-state index contributed by atoms with van der Waals surface area (Å²) in [6.45, 7) is 3.69. The minimum absolute atomic E-state index is 0.0337. The van der Waals surface area contributed by atoms with Gasteiger partial charge >= 0.3 is 6.11 Å². The highest BCUT2D eigenvalue weighted by atomic mass is 19.3. The van der Waals surface area contributed by atoms with Crippen molar-refractivity contribution in [2.45, 2.75) is 32.0 Å². The number of halogens is 6. The Morgan fingerprint density at radius 1 is 0.895 bits per heavy atom. The summed E-state index contributed by atoms with van der Waals surface area (Å²) >= 11 is 0. The van der Waals surface area contributed by atoms with E-state index in [1.807, 2.05) is 6.92 Å². The molecule has 2 atom stereocenters. The van der Waals surface area contributed by atoms with Gasteiger partial charge in [-0.25, -0.2) is 17.6 Å². The van der Waals surface area contributed by atoms with Gasteiger partial charge in [-0.05, 0) is 73.9 Å². The van der Waals surface area contributed by atoms with E-state index < -0.39 is 40.7 Å². The fourth-order valence-corrected chi connectivity index (χ4v) is 4.08. The molecule has 3 aromatic carbocycles. The molecule has 2 unspecified atom stereocenters. The number of benzene rings is 3. The van der Waals surface area contributed by atoms with E-state index >= 15 is 0 Å². The third kappa shape index (κ3) is 6.69. The number of hydrogen-bond donors (Lipinski definition) is 0. The molecule has 1 aliphatic rings. The molecule has 0 bridgehead atoms. The van der Waals surface area contributed by atoms with Crippen molar-refractivity contribution in [3.8, 4) is 17.6 Å². The van der Waals surface area contributed by atoms with Crippen LogP contribution in [0.2, 0.25) is 0 Å². The summed E-state index contributed by atoms with van der Waals surface area (Å²) in [7, 11) is 0. The van der Waals surface area contributed by atoms with Gasteiger partial charge in [-0.2, -0.15) is 8.78 Å². The van der Waals surface area contributed by atoms with Crippen LogP contribution >= 0.6 is 0 Å². The van der Waals surface area contributed by atoms with Crippen LogP contribution in [0.5, 0.6) is 5.75 Å². The zero-order valence-electron chi connectivity index (χ0n) is 20.4. The summed E-state index contributed by atoms with van der Waals surface area (Å²) in [6, 6.07) is 9.14. The van der Waals surface area contributed by atoms with Gasteiger partial charge < -0.3 is 14.2 Å². The molecule has 0 radical (unpaired) electrons. The zero-order chi connectivity index (χ0) is 27.3. The van der Waals surface area contributed by atoms with Crippen LogP contribution < -0.4 is 4.74 Å². The molecule has 1 aliphatic heterocycles. The van der Waals surface area contributed by atoms with Gasteiger partial charge in [-0.1, -0.05) is 17.9 Å². The average Bonchev–Trinajstić information content (AvgIpc) is 2.87. The van der Waals surface area contributed by atoms with Gasteiger partial charge in [0.15, 0.2) is 0 Å². The van der Waals surface area contributed by atoms with Crippen LogP contribution in [0.25, 0.3) is 0 Å². The molecule has 1 fully saturated rings. The maximum Gasteiger partial charge on any atom is 0.432 e. The molecule has 1 heterocycles. The Hall–Kier alpha value is -3.48. The van der Waals surface area contributed by atoms with Gasteiger partial charge in [-0.3, -0.25) is 0 Å². The minimum Gasteiger partial charge on any atom is -0.429 e. The Balaban J connectivity index is 1.47. The monoisotopic (exact) mass is 534 g/mol. The lowest BCUT2D eigenvalue weighted by Gasteiger charge is -2.29. The van der Waals surface area contributed by atoms with E-state index in [1.54, 1.807) is 6.07 Å². The highest BCUT2D eigenvalue weighted by molar-refractivity contribution is 5.46. The standard InChI is InChI=1S/C29H24F6O3/c1-2-36-16-19-4-12-27(37-17-19)21-7-6-20(24(31)15-21)5-3-18-13-25(32)28(26(33)14-18)29(34,35)38-23-10-8-22(30)9-11-23/h6-11,13-15,19,27H,2,4,12,16-17H2,1H3. The fraction of sp³-hybridized carbons (Fsp3) is 0.310. The molecule has 200 valence electrons. The first-order valence-electron chi connectivity index (χ1n) is 12.0. The molecule has 3 nitrogen and oxygen atoms in total. The first-order chi connectivity index (χ1) is 18.2. The van der Waals surface area contributed by atoms with E-state index in [4.69, 9.17) is 9.47 Å². The normalized spacial score (nSPS) is 17.6. The van der Waals surface area contributed by atoms with Crippen LogP contribution in [0.4, 0.5) is 26.3 Å². The lowest BCUT2D eigenvalue weighted by atomic mass is 9.94. The first kappa shape index (κ1) is 27.6. The molecule has 38 heavy (non-hydrogen) atoms. The molecule has 1 saturated heterocycles. The van der Waals surface area contributed by atoms with Crippen LogP contribution in [0.15, 0.2) is 54.6 Å². The molecule has 9 heteroatoms. The molecule has 0 aromatic heterocycles. The van der Waals surface area contributed by atoms with E-state index in [2.05, 4.69) is 16.6 Å².